The molecule has 134 valence electrons. The Morgan fingerprint density at radius 1 is 1.35 bits per heavy atom. The largest absolute Gasteiger partial charge is 0.484 e. The van der Waals surface area contributed by atoms with E-state index in [0.29, 0.717) is 29.7 Å². The Hall–Kier alpha value is -2.74. The van der Waals surface area contributed by atoms with Gasteiger partial charge in [0, 0.05) is 12.0 Å². The van der Waals surface area contributed by atoms with Crippen LogP contribution in [0.15, 0.2) is 40.8 Å². The molecule has 4 rings (SSSR count). The molecule has 5 nitrogen and oxygen atoms in total. The Labute approximate surface area is 153 Å². The predicted molar refractivity (Wildman–Crippen MR) is 95.5 cm³/mol. The molecule has 1 aromatic carbocycles. The van der Waals surface area contributed by atoms with Crippen molar-refractivity contribution in [1.29, 1.82) is 5.26 Å². The molecule has 1 amide bonds. The molecule has 0 radical (unpaired) electrons. The minimum Gasteiger partial charge on any atom is -0.484 e. The van der Waals surface area contributed by atoms with E-state index in [0.717, 1.165) is 24.4 Å². The number of rotatable bonds is 7. The van der Waals surface area contributed by atoms with Gasteiger partial charge in [-0.3, -0.25) is 4.79 Å². The van der Waals surface area contributed by atoms with Crippen LogP contribution in [-0.2, 0) is 11.3 Å². The van der Waals surface area contributed by atoms with Gasteiger partial charge >= 0.3 is 0 Å². The Balaban J connectivity index is 1.37. The number of carbonyl (C=O) groups excluding carboxylic acids is 1. The van der Waals surface area contributed by atoms with Crippen LogP contribution in [0.4, 0.5) is 0 Å². The highest BCUT2D eigenvalue weighted by atomic mass is 16.5. The number of benzene rings is 1. The van der Waals surface area contributed by atoms with Crippen LogP contribution in [-0.4, -0.2) is 23.5 Å². The van der Waals surface area contributed by atoms with Crippen LogP contribution in [0.5, 0.6) is 5.75 Å². The summed E-state index contributed by atoms with van der Waals surface area (Å²) in [5, 5.41) is 8.94. The van der Waals surface area contributed by atoms with Crippen molar-refractivity contribution >= 4 is 5.91 Å². The van der Waals surface area contributed by atoms with Crippen molar-refractivity contribution < 1.29 is 13.9 Å². The summed E-state index contributed by atoms with van der Waals surface area (Å²) >= 11 is 0. The second-order valence-electron chi connectivity index (χ2n) is 7.30. The van der Waals surface area contributed by atoms with Gasteiger partial charge in [0.2, 0.25) is 0 Å². The maximum atomic E-state index is 12.7. The molecule has 5 heteroatoms. The van der Waals surface area contributed by atoms with Crippen LogP contribution < -0.4 is 4.74 Å². The van der Waals surface area contributed by atoms with Crippen molar-refractivity contribution in [2.24, 2.45) is 5.92 Å². The van der Waals surface area contributed by atoms with Crippen LogP contribution in [0.1, 0.15) is 49.2 Å². The molecule has 2 fully saturated rings. The second kappa shape index (κ2) is 6.87. The number of ether oxygens (including phenoxy) is 1. The standard InChI is InChI=1S/C21H22N2O3/c1-14-9-19(14)20-8-7-18(26-20)12-23(16-5-6-16)21(24)13-25-17-4-2-3-15(10-17)11-22/h2-4,7-8,10,14,16,19H,5-6,9,12-13H2,1H3/t14-,19-/m1/s1. The molecule has 0 N–H and O–H groups in total. The molecule has 0 saturated heterocycles. The molecule has 1 aromatic heterocycles. The molecule has 0 aliphatic heterocycles. The van der Waals surface area contributed by atoms with E-state index in [1.807, 2.05) is 17.0 Å². The highest BCUT2D eigenvalue weighted by Gasteiger charge is 2.37. The van der Waals surface area contributed by atoms with Crippen molar-refractivity contribution in [1.82, 2.24) is 4.90 Å². The zero-order chi connectivity index (χ0) is 18.1. The van der Waals surface area contributed by atoms with Gasteiger partial charge in [-0.2, -0.15) is 5.26 Å². The third-order valence-electron chi connectivity index (χ3n) is 5.12. The smallest absolute Gasteiger partial charge is 0.261 e. The average molecular weight is 350 g/mol. The van der Waals surface area contributed by atoms with Gasteiger partial charge in [0.05, 0.1) is 18.2 Å². The molecule has 0 bridgehead atoms. The zero-order valence-electron chi connectivity index (χ0n) is 14.9. The number of carbonyl (C=O) groups is 1. The molecule has 2 aliphatic rings. The van der Waals surface area contributed by atoms with Gasteiger partial charge in [0.25, 0.3) is 5.91 Å². The maximum Gasteiger partial charge on any atom is 0.261 e. The Bertz CT molecular complexity index is 847. The van der Waals surface area contributed by atoms with E-state index in [1.54, 1.807) is 24.3 Å². The molecule has 2 saturated carbocycles. The fraction of sp³-hybridized carbons (Fsp3) is 0.429. The second-order valence-corrected chi connectivity index (χ2v) is 7.30. The van der Waals surface area contributed by atoms with Gasteiger partial charge in [-0.25, -0.2) is 0 Å². The predicted octanol–water partition coefficient (Wildman–Crippen LogP) is 3.84. The highest BCUT2D eigenvalue weighted by Crippen LogP contribution is 2.47. The lowest BCUT2D eigenvalue weighted by Crippen LogP contribution is -2.36. The van der Waals surface area contributed by atoms with Gasteiger partial charge in [-0.15, -0.1) is 0 Å². The van der Waals surface area contributed by atoms with Crippen molar-refractivity contribution in [3.05, 3.63) is 53.5 Å². The molecular formula is C21H22N2O3. The lowest BCUT2D eigenvalue weighted by atomic mass is 10.2. The SMILES string of the molecule is C[C@@H]1C[C@H]1c1ccc(CN(C(=O)COc2cccc(C#N)c2)C2CC2)o1. The monoisotopic (exact) mass is 350 g/mol. The van der Waals surface area contributed by atoms with Crippen LogP contribution in [0, 0.1) is 17.2 Å². The Morgan fingerprint density at radius 3 is 2.85 bits per heavy atom. The van der Waals surface area contributed by atoms with E-state index in [9.17, 15) is 4.79 Å². The van der Waals surface area contributed by atoms with Crippen LogP contribution >= 0.6 is 0 Å². The highest BCUT2D eigenvalue weighted by molar-refractivity contribution is 5.78. The summed E-state index contributed by atoms with van der Waals surface area (Å²) in [5.41, 5.74) is 0.520. The number of hydrogen-bond donors (Lipinski definition) is 0. The number of furan rings is 1. The fourth-order valence-corrected chi connectivity index (χ4v) is 3.26. The molecule has 2 aliphatic carbocycles. The van der Waals surface area contributed by atoms with Gasteiger partial charge in [-0.05, 0) is 55.5 Å². The lowest BCUT2D eigenvalue weighted by Gasteiger charge is -2.21. The summed E-state index contributed by atoms with van der Waals surface area (Å²) in [6, 6.07) is 13.2. The first-order chi connectivity index (χ1) is 12.6. The third kappa shape index (κ3) is 3.75. The third-order valence-corrected chi connectivity index (χ3v) is 5.12. The molecular weight excluding hydrogens is 328 g/mol. The molecule has 2 atom stereocenters. The number of nitrogens with zero attached hydrogens (tertiary/aromatic N) is 2. The summed E-state index contributed by atoms with van der Waals surface area (Å²) in [7, 11) is 0. The first kappa shape index (κ1) is 16.7. The van der Waals surface area contributed by atoms with E-state index in [-0.39, 0.29) is 18.6 Å². The normalized spacial score (nSPS) is 21.1. The minimum atomic E-state index is -0.0485. The van der Waals surface area contributed by atoms with Gasteiger partial charge in [-0.1, -0.05) is 13.0 Å². The van der Waals surface area contributed by atoms with E-state index in [1.165, 1.54) is 6.42 Å². The van der Waals surface area contributed by atoms with Crippen molar-refractivity contribution in [3.63, 3.8) is 0 Å². The summed E-state index contributed by atoms with van der Waals surface area (Å²) < 4.78 is 11.6. The summed E-state index contributed by atoms with van der Waals surface area (Å²) in [6.07, 6.45) is 3.25. The number of nitriles is 1. The first-order valence-electron chi connectivity index (χ1n) is 9.15. The van der Waals surface area contributed by atoms with Crippen molar-refractivity contribution in [3.8, 4) is 11.8 Å². The minimum absolute atomic E-state index is 0.0292. The fourth-order valence-electron chi connectivity index (χ4n) is 3.26. The van der Waals surface area contributed by atoms with E-state index < -0.39 is 0 Å². The first-order valence-corrected chi connectivity index (χ1v) is 9.15. The van der Waals surface area contributed by atoms with E-state index >= 15 is 0 Å². The topological polar surface area (TPSA) is 66.5 Å². The summed E-state index contributed by atoms with van der Waals surface area (Å²) in [5.74, 6) is 3.62. The Morgan fingerprint density at radius 2 is 2.15 bits per heavy atom. The maximum absolute atomic E-state index is 12.7. The van der Waals surface area contributed by atoms with Gasteiger partial charge in [0.15, 0.2) is 6.61 Å². The zero-order valence-corrected chi connectivity index (χ0v) is 14.9. The summed E-state index contributed by atoms with van der Waals surface area (Å²) in [4.78, 5) is 14.5. The molecule has 2 aromatic rings. The number of amides is 1. The van der Waals surface area contributed by atoms with Crippen molar-refractivity contribution in [2.45, 2.75) is 44.7 Å². The van der Waals surface area contributed by atoms with Crippen LogP contribution in [0.25, 0.3) is 0 Å². The van der Waals surface area contributed by atoms with Gasteiger partial charge < -0.3 is 14.1 Å². The average Bonchev–Trinajstić information content (AvgIpc) is 3.58. The van der Waals surface area contributed by atoms with Crippen molar-refractivity contribution in [2.75, 3.05) is 6.61 Å². The van der Waals surface area contributed by atoms with Crippen LogP contribution in [0.3, 0.4) is 0 Å². The Kier molecular flexibility index (Phi) is 4.42. The lowest BCUT2D eigenvalue weighted by molar-refractivity contribution is -0.134. The van der Waals surface area contributed by atoms with Gasteiger partial charge in [0.1, 0.15) is 17.3 Å². The van der Waals surface area contributed by atoms with E-state index in [4.69, 9.17) is 14.4 Å². The molecule has 0 spiro atoms. The van der Waals surface area contributed by atoms with Crippen LogP contribution in [0.2, 0.25) is 0 Å². The quantitative estimate of drug-likeness (QED) is 0.761. The molecule has 0 unspecified atom stereocenters. The molecule has 26 heavy (non-hydrogen) atoms. The summed E-state index contributed by atoms with van der Waals surface area (Å²) in [6.45, 7) is 2.69. The number of hydrogen-bond acceptors (Lipinski definition) is 4. The van der Waals surface area contributed by atoms with E-state index in [2.05, 4.69) is 13.0 Å². The molecule has 1 heterocycles.